The molecule has 17 heavy (non-hydrogen) atoms. The molecule has 0 aromatic carbocycles. The summed E-state index contributed by atoms with van der Waals surface area (Å²) in [6.07, 6.45) is 2.64. The molecule has 0 unspecified atom stereocenters. The molecule has 2 N–H and O–H groups in total. The fourth-order valence-corrected chi connectivity index (χ4v) is 1.74. The fraction of sp³-hybridized carbons (Fsp3) is 0.636. The molecule has 0 aliphatic heterocycles. The van der Waals surface area contributed by atoms with Crippen LogP contribution >= 0.6 is 15.9 Å². The van der Waals surface area contributed by atoms with Crippen LogP contribution in [0.15, 0.2) is 10.8 Å². The molecule has 0 saturated heterocycles. The zero-order valence-corrected chi connectivity index (χ0v) is 12.2. The van der Waals surface area contributed by atoms with E-state index in [1.807, 2.05) is 14.1 Å². The maximum atomic E-state index is 4.22. The summed E-state index contributed by atoms with van der Waals surface area (Å²) in [4.78, 5) is 10.5. The molecule has 0 aliphatic carbocycles. The average molecular weight is 302 g/mol. The Hall–Kier alpha value is -0.880. The van der Waals surface area contributed by atoms with Gasteiger partial charge in [-0.25, -0.2) is 9.97 Å². The lowest BCUT2D eigenvalue weighted by Crippen LogP contribution is -2.21. The van der Waals surface area contributed by atoms with E-state index in [9.17, 15) is 0 Å². The summed E-state index contributed by atoms with van der Waals surface area (Å²) in [5.74, 6) is 1.68. The molecule has 96 valence electrons. The molecular formula is C11H20BrN5. The highest BCUT2D eigenvalue weighted by Crippen LogP contribution is 2.26. The maximum absolute atomic E-state index is 4.22. The first-order valence-electron chi connectivity index (χ1n) is 5.78. The van der Waals surface area contributed by atoms with E-state index in [1.165, 1.54) is 0 Å². The van der Waals surface area contributed by atoms with Gasteiger partial charge in [-0.05, 0) is 36.4 Å². The summed E-state index contributed by atoms with van der Waals surface area (Å²) in [6.45, 7) is 4.86. The first-order chi connectivity index (χ1) is 8.15. The van der Waals surface area contributed by atoms with Crippen molar-refractivity contribution in [2.24, 2.45) is 0 Å². The summed E-state index contributed by atoms with van der Waals surface area (Å²) in [6, 6.07) is 0. The number of aromatic nitrogens is 2. The van der Waals surface area contributed by atoms with Crippen molar-refractivity contribution in [2.75, 3.05) is 44.4 Å². The van der Waals surface area contributed by atoms with Crippen molar-refractivity contribution >= 4 is 27.6 Å². The second-order valence-electron chi connectivity index (χ2n) is 4.04. The molecule has 0 fully saturated rings. The van der Waals surface area contributed by atoms with Crippen LogP contribution < -0.4 is 10.6 Å². The van der Waals surface area contributed by atoms with Crippen LogP contribution in [0.5, 0.6) is 0 Å². The molecule has 1 aromatic rings. The first kappa shape index (κ1) is 14.2. The Kier molecular flexibility index (Phi) is 6.21. The van der Waals surface area contributed by atoms with Gasteiger partial charge in [0, 0.05) is 19.6 Å². The predicted molar refractivity (Wildman–Crippen MR) is 75.6 cm³/mol. The Morgan fingerprint density at radius 2 is 1.76 bits per heavy atom. The van der Waals surface area contributed by atoms with Crippen LogP contribution in [-0.2, 0) is 0 Å². The lowest BCUT2D eigenvalue weighted by molar-refractivity contribution is 0.425. The quantitative estimate of drug-likeness (QED) is 0.807. The van der Waals surface area contributed by atoms with Gasteiger partial charge < -0.3 is 15.5 Å². The Labute approximate surface area is 111 Å². The van der Waals surface area contributed by atoms with Crippen molar-refractivity contribution in [3.05, 3.63) is 10.8 Å². The minimum Gasteiger partial charge on any atom is -0.369 e. The molecule has 0 radical (unpaired) electrons. The number of nitrogens with one attached hydrogen (secondary N) is 2. The highest BCUT2D eigenvalue weighted by Gasteiger charge is 2.07. The van der Waals surface area contributed by atoms with Crippen molar-refractivity contribution < 1.29 is 0 Å². The second-order valence-corrected chi connectivity index (χ2v) is 4.83. The van der Waals surface area contributed by atoms with E-state index in [-0.39, 0.29) is 0 Å². The van der Waals surface area contributed by atoms with Crippen LogP contribution in [0.2, 0.25) is 0 Å². The van der Waals surface area contributed by atoms with E-state index >= 15 is 0 Å². The molecule has 1 heterocycles. The van der Waals surface area contributed by atoms with E-state index < -0.39 is 0 Å². The van der Waals surface area contributed by atoms with Gasteiger partial charge in [0.15, 0.2) is 0 Å². The molecule has 0 amide bonds. The molecule has 1 rings (SSSR count). The lowest BCUT2D eigenvalue weighted by atomic mass is 10.4. The van der Waals surface area contributed by atoms with Crippen molar-refractivity contribution in [2.45, 2.75) is 13.3 Å². The van der Waals surface area contributed by atoms with Gasteiger partial charge in [-0.1, -0.05) is 6.92 Å². The third-order valence-electron chi connectivity index (χ3n) is 2.18. The highest BCUT2D eigenvalue weighted by atomic mass is 79.9. The Balaban J connectivity index is 2.59. The van der Waals surface area contributed by atoms with Gasteiger partial charge in [0.25, 0.3) is 0 Å². The third kappa shape index (κ3) is 4.87. The molecule has 0 saturated carbocycles. The molecule has 0 bridgehead atoms. The molecule has 6 heteroatoms. The minimum absolute atomic E-state index is 0.834. The molecule has 0 spiro atoms. The topological polar surface area (TPSA) is 53.1 Å². The predicted octanol–water partition coefficient (Wildman–Crippen LogP) is 2.03. The van der Waals surface area contributed by atoms with Gasteiger partial charge in [-0.2, -0.15) is 0 Å². The zero-order valence-electron chi connectivity index (χ0n) is 10.6. The second kappa shape index (κ2) is 7.45. The fourth-order valence-electron chi connectivity index (χ4n) is 1.26. The number of rotatable bonds is 7. The zero-order chi connectivity index (χ0) is 12.7. The highest BCUT2D eigenvalue weighted by molar-refractivity contribution is 9.10. The molecule has 0 atom stereocenters. The van der Waals surface area contributed by atoms with Crippen LogP contribution in [0, 0.1) is 0 Å². The standard InChI is InChI=1S/C11H20BrN5/c1-4-5-13-10-9(12)11(16-8-15-10)14-6-7-17(2)3/h8H,4-7H2,1-3H3,(H2,13,14,15,16). The van der Waals surface area contributed by atoms with E-state index in [1.54, 1.807) is 6.33 Å². The Bertz CT molecular complexity index is 343. The Morgan fingerprint density at radius 1 is 1.18 bits per heavy atom. The average Bonchev–Trinajstić information content (AvgIpc) is 2.29. The van der Waals surface area contributed by atoms with Gasteiger partial charge in [0.1, 0.15) is 22.4 Å². The first-order valence-corrected chi connectivity index (χ1v) is 6.57. The summed E-state index contributed by atoms with van der Waals surface area (Å²) >= 11 is 3.52. The van der Waals surface area contributed by atoms with Gasteiger partial charge in [0.05, 0.1) is 0 Å². The van der Waals surface area contributed by atoms with Crippen LogP contribution in [0.3, 0.4) is 0 Å². The van der Waals surface area contributed by atoms with E-state index in [2.05, 4.69) is 48.4 Å². The van der Waals surface area contributed by atoms with Crippen LogP contribution in [0.25, 0.3) is 0 Å². The smallest absolute Gasteiger partial charge is 0.145 e. The van der Waals surface area contributed by atoms with Crippen LogP contribution in [0.4, 0.5) is 11.6 Å². The largest absolute Gasteiger partial charge is 0.369 e. The van der Waals surface area contributed by atoms with Crippen molar-refractivity contribution in [1.29, 1.82) is 0 Å². The Morgan fingerprint density at radius 3 is 2.29 bits per heavy atom. The van der Waals surface area contributed by atoms with Gasteiger partial charge in [-0.3, -0.25) is 0 Å². The minimum atomic E-state index is 0.834. The number of halogens is 1. The number of hydrogen-bond acceptors (Lipinski definition) is 5. The van der Waals surface area contributed by atoms with E-state index in [0.29, 0.717) is 0 Å². The van der Waals surface area contributed by atoms with Gasteiger partial charge >= 0.3 is 0 Å². The SMILES string of the molecule is CCCNc1ncnc(NCCN(C)C)c1Br. The molecule has 5 nitrogen and oxygen atoms in total. The third-order valence-corrected chi connectivity index (χ3v) is 2.93. The monoisotopic (exact) mass is 301 g/mol. The lowest BCUT2D eigenvalue weighted by Gasteiger charge is -2.13. The van der Waals surface area contributed by atoms with Crippen molar-refractivity contribution in [1.82, 2.24) is 14.9 Å². The number of nitrogens with zero attached hydrogens (tertiary/aromatic N) is 3. The van der Waals surface area contributed by atoms with Crippen molar-refractivity contribution in [3.8, 4) is 0 Å². The molecular weight excluding hydrogens is 282 g/mol. The summed E-state index contributed by atoms with van der Waals surface area (Å²) < 4.78 is 0.896. The van der Waals surface area contributed by atoms with Crippen molar-refractivity contribution in [3.63, 3.8) is 0 Å². The number of anilines is 2. The summed E-state index contributed by atoms with van der Waals surface area (Å²) in [5.41, 5.74) is 0. The van der Waals surface area contributed by atoms with Crippen LogP contribution in [0.1, 0.15) is 13.3 Å². The van der Waals surface area contributed by atoms with E-state index in [0.717, 1.165) is 42.2 Å². The normalized spacial score (nSPS) is 10.6. The maximum Gasteiger partial charge on any atom is 0.145 e. The summed E-state index contributed by atoms with van der Waals surface area (Å²) in [7, 11) is 4.09. The van der Waals surface area contributed by atoms with E-state index in [4.69, 9.17) is 0 Å². The molecule has 0 aliphatic rings. The number of hydrogen-bond donors (Lipinski definition) is 2. The van der Waals surface area contributed by atoms with Gasteiger partial charge in [-0.15, -0.1) is 0 Å². The number of likely N-dealkylation sites (N-methyl/N-ethyl adjacent to an activating group) is 1. The van der Waals surface area contributed by atoms with Crippen LogP contribution in [-0.4, -0.2) is 48.6 Å². The molecule has 1 aromatic heterocycles. The summed E-state index contributed by atoms with van der Waals surface area (Å²) in [5, 5.41) is 6.54. The van der Waals surface area contributed by atoms with Gasteiger partial charge in [0.2, 0.25) is 0 Å².